The number of alkyl carbamates (subject to hydrolysis) is 2. The lowest BCUT2D eigenvalue weighted by molar-refractivity contribution is 0.0689. The van der Waals surface area contributed by atoms with Crippen LogP contribution in [0, 0.1) is 20.8 Å². The molecule has 5 aromatic heterocycles. The van der Waals surface area contributed by atoms with E-state index in [1.54, 1.807) is 19.2 Å². The van der Waals surface area contributed by atoms with Crippen molar-refractivity contribution in [3.63, 3.8) is 0 Å². The number of rotatable bonds is 16. The smallest absolute Gasteiger partial charge is 0.413 e. The van der Waals surface area contributed by atoms with Gasteiger partial charge in [-0.1, -0.05) is 39.3 Å². The first-order valence-electron chi connectivity index (χ1n) is 18.5. The van der Waals surface area contributed by atoms with Gasteiger partial charge in [-0.25, -0.2) is 39.3 Å². The third-order valence-electron chi connectivity index (χ3n) is 8.33. The molecule has 0 aliphatic rings. The van der Waals surface area contributed by atoms with E-state index in [4.69, 9.17) is 33.4 Å². The molecule has 0 unspecified atom stereocenters. The molecule has 5 rings (SSSR count). The topological polar surface area (TPSA) is 256 Å². The molecule has 0 aliphatic carbocycles. The largest absolute Gasteiger partial charge is 0.476 e. The predicted octanol–water partition coefficient (Wildman–Crippen LogP) is 8.12. The molecular weight excluding hydrogens is 823 g/mol. The Bertz CT molecular complexity index is 2230. The molecule has 0 spiro atoms. The van der Waals surface area contributed by atoms with Gasteiger partial charge in [0.15, 0.2) is 11.4 Å². The van der Waals surface area contributed by atoms with Crippen LogP contribution >= 0.6 is 22.7 Å². The Labute approximate surface area is 345 Å². The van der Waals surface area contributed by atoms with Crippen LogP contribution in [0.3, 0.4) is 0 Å². The summed E-state index contributed by atoms with van der Waals surface area (Å²) in [6.45, 7) is 18.9. The molecule has 0 fully saturated rings. The molecule has 312 valence electrons. The number of oxazole rings is 3. The Morgan fingerprint density at radius 2 is 1.31 bits per heavy atom. The van der Waals surface area contributed by atoms with Crippen molar-refractivity contribution in [2.45, 2.75) is 91.0 Å². The Balaban J connectivity index is 1.19. The Hall–Kier alpha value is -5.04. The first kappa shape index (κ1) is 44.1. The minimum Gasteiger partial charge on any atom is -0.476 e. The van der Waals surface area contributed by atoms with Gasteiger partial charge in [0.05, 0.1) is 19.3 Å². The van der Waals surface area contributed by atoms with E-state index in [0.29, 0.717) is 57.3 Å². The van der Waals surface area contributed by atoms with Crippen LogP contribution in [0.5, 0.6) is 0 Å². The summed E-state index contributed by atoms with van der Waals surface area (Å²) in [5.41, 5.74) is 8.09. The van der Waals surface area contributed by atoms with Gasteiger partial charge in [-0.15, -0.1) is 22.7 Å². The number of nitrogens with one attached hydrogen (secondary N) is 2. The van der Waals surface area contributed by atoms with Gasteiger partial charge >= 0.3 is 18.2 Å². The van der Waals surface area contributed by atoms with Gasteiger partial charge in [0.2, 0.25) is 23.6 Å². The van der Waals surface area contributed by atoms with Crippen molar-refractivity contribution in [3.05, 3.63) is 38.7 Å². The molecular formula is C36H49N9O9S2Si2. The highest BCUT2D eigenvalue weighted by Gasteiger charge is 2.25. The minimum atomic E-state index is -1.41. The number of ether oxygens (including phenoxy) is 2. The fraction of sp³-hybridized carbons (Fsp3) is 0.472. The van der Waals surface area contributed by atoms with E-state index in [2.05, 4.69) is 74.8 Å². The molecule has 5 heterocycles. The van der Waals surface area contributed by atoms with Crippen molar-refractivity contribution < 1.29 is 42.2 Å². The van der Waals surface area contributed by atoms with E-state index in [-0.39, 0.29) is 54.6 Å². The highest BCUT2D eigenvalue weighted by atomic mass is 32.1. The van der Waals surface area contributed by atoms with Crippen LogP contribution in [-0.2, 0) is 9.47 Å². The summed E-state index contributed by atoms with van der Waals surface area (Å²) in [6.07, 6.45) is -0.369. The average Bonchev–Trinajstić information content (AvgIpc) is 3.96. The molecule has 0 saturated carbocycles. The van der Waals surface area contributed by atoms with Gasteiger partial charge in [-0.3, -0.25) is 15.6 Å². The van der Waals surface area contributed by atoms with Crippen LogP contribution < -0.4 is 16.4 Å². The zero-order valence-corrected chi connectivity index (χ0v) is 37.6. The first-order chi connectivity index (χ1) is 27.3. The van der Waals surface area contributed by atoms with E-state index in [9.17, 15) is 19.5 Å². The zero-order valence-electron chi connectivity index (χ0n) is 34.0. The molecule has 0 radical (unpaired) electrons. The Morgan fingerprint density at radius 3 is 1.88 bits per heavy atom. The van der Waals surface area contributed by atoms with Crippen LogP contribution in [0.2, 0.25) is 51.4 Å². The van der Waals surface area contributed by atoms with Crippen molar-refractivity contribution >= 4 is 62.9 Å². The summed E-state index contributed by atoms with van der Waals surface area (Å²) in [5.74, 6) is 0.388. The molecule has 58 heavy (non-hydrogen) atoms. The van der Waals surface area contributed by atoms with Gasteiger partial charge in [0.1, 0.15) is 44.4 Å². The van der Waals surface area contributed by atoms with Crippen LogP contribution in [-0.4, -0.2) is 90.0 Å². The number of thiazole rings is 2. The van der Waals surface area contributed by atoms with Gasteiger partial charge < -0.3 is 33.6 Å². The molecule has 5 aromatic rings. The van der Waals surface area contributed by atoms with Crippen molar-refractivity contribution in [2.24, 2.45) is 10.7 Å². The Kier molecular flexibility index (Phi) is 14.2. The number of hydrogen-bond acceptors (Lipinski definition) is 17. The molecule has 18 nitrogen and oxygen atoms in total. The van der Waals surface area contributed by atoms with E-state index >= 15 is 0 Å². The molecule has 1 atom stereocenters. The highest BCUT2D eigenvalue weighted by molar-refractivity contribution is 7.13. The molecule has 0 aliphatic heterocycles. The van der Waals surface area contributed by atoms with Gasteiger partial charge in [-0.2, -0.15) is 0 Å². The van der Waals surface area contributed by atoms with Gasteiger partial charge in [-0.05, 0) is 45.7 Å². The number of nitrogens with zero attached hydrogens (tertiary/aromatic N) is 6. The van der Waals surface area contributed by atoms with E-state index in [1.165, 1.54) is 29.6 Å². The summed E-state index contributed by atoms with van der Waals surface area (Å²) in [4.78, 5) is 63.4. The van der Waals surface area contributed by atoms with Crippen LogP contribution in [0.4, 0.5) is 9.59 Å². The zero-order chi connectivity index (χ0) is 42.4. The fourth-order valence-corrected chi connectivity index (χ4v) is 8.13. The van der Waals surface area contributed by atoms with Crippen molar-refractivity contribution in [1.29, 1.82) is 0 Å². The van der Waals surface area contributed by atoms with E-state index < -0.39 is 40.3 Å². The highest BCUT2D eigenvalue weighted by Crippen LogP contribution is 2.35. The van der Waals surface area contributed by atoms with Gasteiger partial charge in [0.25, 0.3) is 0 Å². The lowest BCUT2D eigenvalue weighted by Crippen LogP contribution is -2.45. The summed E-state index contributed by atoms with van der Waals surface area (Å²) in [7, 11) is -2.82. The number of amides is 2. The second kappa shape index (κ2) is 18.7. The van der Waals surface area contributed by atoms with Crippen LogP contribution in [0.1, 0.15) is 51.7 Å². The maximum Gasteiger partial charge on any atom is 0.413 e. The number of carboxylic acids is 1. The quantitative estimate of drug-likeness (QED) is 0.0316. The molecule has 5 N–H and O–H groups in total. The van der Waals surface area contributed by atoms with Crippen LogP contribution in [0.15, 0.2) is 29.0 Å². The predicted molar refractivity (Wildman–Crippen MR) is 225 cm³/mol. The van der Waals surface area contributed by atoms with Crippen LogP contribution in [0.25, 0.3) is 45.5 Å². The lowest BCUT2D eigenvalue weighted by Gasteiger charge is -2.17. The minimum absolute atomic E-state index is 0.0403. The fourth-order valence-electron chi connectivity index (χ4n) is 5.04. The summed E-state index contributed by atoms with van der Waals surface area (Å²) < 4.78 is 28.0. The third-order valence-corrected chi connectivity index (χ3v) is 13.6. The number of nitrogens with two attached hydrogens (primary N) is 1. The first-order valence-corrected chi connectivity index (χ1v) is 27.7. The van der Waals surface area contributed by atoms with Crippen molar-refractivity contribution in [1.82, 2.24) is 35.6 Å². The van der Waals surface area contributed by atoms with E-state index in [1.807, 2.05) is 5.38 Å². The number of carbonyl (C=O) groups is 3. The lowest BCUT2D eigenvalue weighted by atomic mass is 10.2. The number of aromatic carboxylic acids is 1. The maximum atomic E-state index is 12.5. The van der Waals surface area contributed by atoms with Crippen molar-refractivity contribution in [2.75, 3.05) is 19.8 Å². The summed E-state index contributed by atoms with van der Waals surface area (Å²) in [5, 5.41) is 19.2. The summed E-state index contributed by atoms with van der Waals surface area (Å²) in [6, 6.07) is 1.19. The number of carboxylic acid groups (broad SMARTS) is 1. The molecule has 0 bridgehead atoms. The second-order valence-corrected chi connectivity index (χ2v) is 28.8. The number of aliphatic imine (C=N–C) groups is 1. The SMILES string of the molecule is Cc1oc(-c2nc(-c3csc(-c4nc(-c5csc([C@@H](N)CCCN=C(NC(=O)OCC[Si](C)(C)C)NC(=O)OCC[Si](C)(C)C)n5)oc4C)n3)oc2C)nc1C(=O)O. The number of aryl methyl sites for hydroxylation is 3. The average molecular weight is 872 g/mol. The number of guanidine groups is 1. The third kappa shape index (κ3) is 12.2. The number of carbonyl (C=O) groups excluding carboxylic acids is 2. The van der Waals surface area contributed by atoms with Crippen molar-refractivity contribution in [3.8, 4) is 45.5 Å². The molecule has 2 amide bonds. The van der Waals surface area contributed by atoms with E-state index in [0.717, 1.165) is 12.1 Å². The second-order valence-electron chi connectivity index (χ2n) is 15.8. The standard InChI is InChI=1S/C36H49N9O9S2Si2/c1-19-25(30-43-27(33(46)47)21(3)54-30)41-28(52-19)24-18-56-32(40-24)26-20(2)53-29(42-26)23-17-55-31(39-23)22(37)11-10-12-38-34(44-35(48)50-13-15-57(4,5)6)45-36(49)51-14-16-58(7,8)9/h17-18,22H,10-16,37H2,1-9H3,(H,46,47)(H2,38,44,45,48,49)/t22-/m0/s1. The molecule has 22 heteroatoms. The van der Waals surface area contributed by atoms with Gasteiger partial charge in [0, 0.05) is 33.5 Å². The molecule has 0 saturated heterocycles. The monoisotopic (exact) mass is 871 g/mol. The number of aromatic nitrogens is 5. The maximum absolute atomic E-state index is 12.5. The molecule has 0 aromatic carbocycles. The number of hydrogen-bond donors (Lipinski definition) is 4. The summed E-state index contributed by atoms with van der Waals surface area (Å²) >= 11 is 2.70. The Morgan fingerprint density at radius 1 is 0.776 bits per heavy atom. The normalized spacial score (nSPS) is 12.3.